The van der Waals surface area contributed by atoms with Crippen molar-refractivity contribution in [2.75, 3.05) is 29.7 Å². The lowest BCUT2D eigenvalue weighted by Crippen LogP contribution is -2.50. The third-order valence-corrected chi connectivity index (χ3v) is 9.15. The van der Waals surface area contributed by atoms with E-state index in [1.54, 1.807) is 18.3 Å². The summed E-state index contributed by atoms with van der Waals surface area (Å²) in [5.41, 5.74) is 0. The molecule has 30 heavy (non-hydrogen) atoms. The predicted octanol–water partition coefficient (Wildman–Crippen LogP) is 3.61. The molecule has 2 aromatic rings. The lowest BCUT2D eigenvalue weighted by molar-refractivity contribution is 0.0960. The lowest BCUT2D eigenvalue weighted by atomic mass is 10.0. The van der Waals surface area contributed by atoms with Crippen LogP contribution in [-0.4, -0.2) is 61.7 Å². The molecule has 0 radical (unpaired) electrons. The number of nitrogens with one attached hydrogen (secondary N) is 1. The topological polar surface area (TPSA) is 82.6 Å². The predicted molar refractivity (Wildman–Crippen MR) is 125 cm³/mol. The highest BCUT2D eigenvalue weighted by Crippen LogP contribution is 2.31. The number of carbonyl (C=O) groups is 1. The Bertz CT molecular complexity index is 965. The number of thiophene rings is 1. The number of hydrogen-bond donors (Lipinski definition) is 1. The molecule has 0 aromatic carbocycles. The molecule has 1 saturated heterocycles. The van der Waals surface area contributed by atoms with Crippen molar-refractivity contribution < 1.29 is 13.2 Å². The van der Waals surface area contributed by atoms with E-state index in [0.29, 0.717) is 20.4 Å². The second-order valence-corrected chi connectivity index (χ2v) is 12.5. The number of halogens is 1. The zero-order valence-corrected chi connectivity index (χ0v) is 20.5. The highest BCUT2D eigenvalue weighted by atomic mass is 35.5. The Morgan fingerprint density at radius 1 is 1.33 bits per heavy atom. The Labute approximate surface area is 191 Å². The fourth-order valence-corrected chi connectivity index (χ4v) is 7.16. The molecule has 0 aliphatic carbocycles. The first kappa shape index (κ1) is 23.5. The zero-order chi connectivity index (χ0) is 21.9. The number of hydrogen-bond acceptors (Lipinski definition) is 7. The van der Waals surface area contributed by atoms with Gasteiger partial charge in [0, 0.05) is 42.8 Å². The van der Waals surface area contributed by atoms with Crippen LogP contribution in [0.5, 0.6) is 0 Å². The summed E-state index contributed by atoms with van der Waals surface area (Å²) in [7, 11) is -3.65. The van der Waals surface area contributed by atoms with Crippen molar-refractivity contribution >= 4 is 55.3 Å². The van der Waals surface area contributed by atoms with Crippen molar-refractivity contribution in [3.63, 3.8) is 0 Å². The molecule has 2 aromatic heterocycles. The molecule has 0 unspecified atom stereocenters. The summed E-state index contributed by atoms with van der Waals surface area (Å²) >= 11 is 8.41. The third-order valence-electron chi connectivity index (χ3n) is 5.10. The SMILES string of the molecule is Cc1cnc(N(C2CCN(C(C)C)CC2)S(=O)(=O)CCNC(=O)c2ccc(Cl)s2)s1. The number of aryl methyl sites for hydroxylation is 1. The summed E-state index contributed by atoms with van der Waals surface area (Å²) in [4.78, 5) is 20.4. The van der Waals surface area contributed by atoms with Crippen molar-refractivity contribution in [1.82, 2.24) is 15.2 Å². The van der Waals surface area contributed by atoms with Gasteiger partial charge in [0.25, 0.3) is 5.91 Å². The second kappa shape index (κ2) is 9.95. The number of thiazole rings is 1. The van der Waals surface area contributed by atoms with Crippen LogP contribution in [0, 0.1) is 6.92 Å². The molecule has 11 heteroatoms. The maximum Gasteiger partial charge on any atom is 0.261 e. The van der Waals surface area contributed by atoms with Crippen molar-refractivity contribution in [2.24, 2.45) is 0 Å². The van der Waals surface area contributed by atoms with E-state index in [9.17, 15) is 13.2 Å². The molecule has 3 rings (SSSR count). The Kier molecular flexibility index (Phi) is 7.78. The van der Waals surface area contributed by atoms with E-state index in [1.807, 2.05) is 6.92 Å². The van der Waals surface area contributed by atoms with Gasteiger partial charge in [0.1, 0.15) is 0 Å². The molecule has 0 atom stereocenters. The summed E-state index contributed by atoms with van der Waals surface area (Å²) in [6.45, 7) is 7.97. The first-order valence-electron chi connectivity index (χ1n) is 9.89. The van der Waals surface area contributed by atoms with Crippen molar-refractivity contribution in [1.29, 1.82) is 0 Å². The number of rotatable bonds is 8. The van der Waals surface area contributed by atoms with Gasteiger partial charge < -0.3 is 10.2 Å². The van der Waals surface area contributed by atoms with Gasteiger partial charge in [0.05, 0.1) is 15.0 Å². The van der Waals surface area contributed by atoms with Gasteiger partial charge in [-0.1, -0.05) is 11.6 Å². The van der Waals surface area contributed by atoms with Crippen LogP contribution in [0.1, 0.15) is 41.2 Å². The number of aromatic nitrogens is 1. The number of sulfonamides is 1. The summed E-state index contributed by atoms with van der Waals surface area (Å²) < 4.78 is 28.6. The summed E-state index contributed by atoms with van der Waals surface area (Å²) in [5, 5.41) is 3.19. The summed E-state index contributed by atoms with van der Waals surface area (Å²) in [6.07, 6.45) is 3.22. The minimum Gasteiger partial charge on any atom is -0.350 e. The van der Waals surface area contributed by atoms with Crippen molar-refractivity contribution in [3.8, 4) is 0 Å². The summed E-state index contributed by atoms with van der Waals surface area (Å²) in [6, 6.07) is 3.60. The van der Waals surface area contributed by atoms with Crippen LogP contribution in [0.3, 0.4) is 0 Å². The van der Waals surface area contributed by atoms with Gasteiger partial charge in [-0.05, 0) is 45.7 Å². The van der Waals surface area contributed by atoms with Crippen LogP contribution >= 0.6 is 34.3 Å². The first-order valence-corrected chi connectivity index (χ1v) is 13.5. The van der Waals surface area contributed by atoms with E-state index >= 15 is 0 Å². The largest absolute Gasteiger partial charge is 0.350 e. The molecule has 1 N–H and O–H groups in total. The molecule has 1 fully saturated rings. The average molecular weight is 491 g/mol. The van der Waals surface area contributed by atoms with Gasteiger partial charge in [-0.25, -0.2) is 17.7 Å². The Morgan fingerprint density at radius 2 is 2.03 bits per heavy atom. The van der Waals surface area contributed by atoms with E-state index in [0.717, 1.165) is 30.8 Å². The number of anilines is 1. The second-order valence-electron chi connectivity index (χ2n) is 7.59. The van der Waals surface area contributed by atoms with Gasteiger partial charge in [-0.3, -0.25) is 4.79 Å². The molecule has 1 aliphatic heterocycles. The maximum atomic E-state index is 13.3. The molecule has 1 aliphatic rings. The van der Waals surface area contributed by atoms with Crippen molar-refractivity contribution in [3.05, 3.63) is 32.4 Å². The highest BCUT2D eigenvalue weighted by Gasteiger charge is 2.35. The molecule has 7 nitrogen and oxygen atoms in total. The van der Waals surface area contributed by atoms with Crippen molar-refractivity contribution in [2.45, 2.75) is 45.7 Å². The van der Waals surface area contributed by atoms with Crippen LogP contribution in [0.4, 0.5) is 5.13 Å². The van der Waals surface area contributed by atoms with Crippen LogP contribution < -0.4 is 9.62 Å². The summed E-state index contributed by atoms with van der Waals surface area (Å²) in [5.74, 6) is -0.495. The van der Waals surface area contributed by atoms with Gasteiger partial charge in [0.15, 0.2) is 5.13 Å². The number of piperidine rings is 1. The van der Waals surface area contributed by atoms with Crippen LogP contribution in [0.2, 0.25) is 4.34 Å². The van der Waals surface area contributed by atoms with E-state index in [-0.39, 0.29) is 24.2 Å². The van der Waals surface area contributed by atoms with Crippen LogP contribution in [0.25, 0.3) is 0 Å². The maximum absolute atomic E-state index is 13.3. The number of likely N-dealkylation sites (tertiary alicyclic amines) is 1. The zero-order valence-electron chi connectivity index (χ0n) is 17.3. The number of carbonyl (C=O) groups excluding carboxylic acids is 1. The van der Waals surface area contributed by atoms with E-state index < -0.39 is 10.0 Å². The smallest absolute Gasteiger partial charge is 0.261 e. The fourth-order valence-electron chi connectivity index (χ4n) is 3.50. The minimum atomic E-state index is -3.65. The monoisotopic (exact) mass is 490 g/mol. The normalized spacial score (nSPS) is 16.2. The third kappa shape index (κ3) is 5.73. The molecular weight excluding hydrogens is 464 g/mol. The number of amides is 1. The molecule has 0 saturated carbocycles. The van der Waals surface area contributed by atoms with Gasteiger partial charge in [0.2, 0.25) is 10.0 Å². The first-order chi connectivity index (χ1) is 14.2. The molecular formula is C19H27ClN4O3S3. The molecule has 0 spiro atoms. The van der Waals surface area contributed by atoms with Gasteiger partial charge in [-0.2, -0.15) is 0 Å². The molecule has 1 amide bonds. The fraction of sp³-hybridized carbons (Fsp3) is 0.579. The Morgan fingerprint density at radius 3 is 2.57 bits per heavy atom. The standard InChI is InChI=1S/C19H27ClN4O3S3/c1-13(2)23-9-6-15(7-10-23)24(19-22-12-14(3)28-19)30(26,27)11-8-21-18(25)16-4-5-17(20)29-16/h4-5,12-13,15H,6-11H2,1-3H3,(H,21,25). The van der Waals surface area contributed by atoms with Gasteiger partial charge >= 0.3 is 0 Å². The van der Waals surface area contributed by atoms with E-state index in [2.05, 4.69) is 29.0 Å². The van der Waals surface area contributed by atoms with E-state index in [1.165, 1.54) is 27.0 Å². The average Bonchev–Trinajstić information content (AvgIpc) is 3.30. The Balaban J connectivity index is 1.69. The molecule has 0 bridgehead atoms. The lowest BCUT2D eigenvalue weighted by Gasteiger charge is -2.39. The quantitative estimate of drug-likeness (QED) is 0.611. The Hall–Kier alpha value is -1.20. The van der Waals surface area contributed by atoms with Gasteiger partial charge in [-0.15, -0.1) is 22.7 Å². The van der Waals surface area contributed by atoms with Crippen LogP contribution in [-0.2, 0) is 10.0 Å². The van der Waals surface area contributed by atoms with E-state index in [4.69, 9.17) is 11.6 Å². The molecule has 3 heterocycles. The molecule has 166 valence electrons. The highest BCUT2D eigenvalue weighted by molar-refractivity contribution is 7.93. The number of nitrogens with zero attached hydrogens (tertiary/aromatic N) is 3. The van der Waals surface area contributed by atoms with Crippen LogP contribution in [0.15, 0.2) is 18.3 Å². The minimum absolute atomic E-state index is 0.0301.